The zero-order valence-corrected chi connectivity index (χ0v) is 14.6. The molecule has 1 heterocycles. The number of anilines is 1. The number of aryl methyl sites for hydroxylation is 1. The number of hydrogen-bond donors (Lipinski definition) is 1. The molecule has 0 aliphatic rings. The van der Waals surface area contributed by atoms with Gasteiger partial charge < -0.3 is 14.9 Å². The third kappa shape index (κ3) is 2.32. The average molecular weight is 412 g/mol. The van der Waals surface area contributed by atoms with Crippen LogP contribution in [0.3, 0.4) is 0 Å². The van der Waals surface area contributed by atoms with Gasteiger partial charge in [-0.15, -0.1) is 0 Å². The van der Waals surface area contributed by atoms with E-state index in [1.54, 1.807) is 7.11 Å². The molecule has 0 bridgehead atoms. The third-order valence-corrected chi connectivity index (χ3v) is 5.14. The zero-order valence-electron chi connectivity index (χ0n) is 11.4. The quantitative estimate of drug-likeness (QED) is 0.608. The van der Waals surface area contributed by atoms with Crippen LogP contribution in [-0.2, 0) is 0 Å². The second-order valence-electron chi connectivity index (χ2n) is 4.59. The van der Waals surface area contributed by atoms with Gasteiger partial charge in [0.25, 0.3) is 0 Å². The van der Waals surface area contributed by atoms with Crippen molar-refractivity contribution >= 4 is 48.6 Å². The molecular weight excluding hydrogens is 400 g/mol. The number of aromatic nitrogens is 1. The number of rotatable bonds is 2. The number of halogens is 2. The maximum atomic E-state index is 6.04. The molecule has 3 rings (SSSR count). The van der Waals surface area contributed by atoms with Crippen LogP contribution in [0, 0.1) is 6.92 Å². The van der Waals surface area contributed by atoms with E-state index < -0.39 is 0 Å². The highest BCUT2D eigenvalue weighted by atomic mass is 79.9. The highest BCUT2D eigenvalue weighted by Crippen LogP contribution is 2.40. The van der Waals surface area contributed by atoms with Gasteiger partial charge in [0, 0.05) is 15.6 Å². The molecule has 0 atom stereocenters. The maximum absolute atomic E-state index is 6.04. The zero-order chi connectivity index (χ0) is 15.1. The lowest BCUT2D eigenvalue weighted by Crippen LogP contribution is -1.92. The van der Waals surface area contributed by atoms with Gasteiger partial charge in [-0.25, -0.2) is 4.98 Å². The molecule has 0 saturated heterocycles. The Kier molecular flexibility index (Phi) is 3.67. The van der Waals surface area contributed by atoms with Crippen molar-refractivity contribution in [2.45, 2.75) is 6.92 Å². The Hall–Kier alpha value is -1.53. The molecule has 0 saturated carbocycles. The van der Waals surface area contributed by atoms with Crippen LogP contribution in [-0.4, -0.2) is 12.1 Å². The minimum Gasteiger partial charge on any atom is -0.497 e. The Morgan fingerprint density at radius 1 is 1.14 bits per heavy atom. The van der Waals surface area contributed by atoms with Crippen molar-refractivity contribution in [3.63, 3.8) is 0 Å². The predicted molar refractivity (Wildman–Crippen MR) is 90.5 cm³/mol. The van der Waals surface area contributed by atoms with Crippen molar-refractivity contribution in [1.29, 1.82) is 0 Å². The third-order valence-electron chi connectivity index (χ3n) is 3.31. The molecule has 108 valence electrons. The minimum atomic E-state index is 0.550. The number of nitrogens with two attached hydrogens (primary N) is 1. The number of ether oxygens (including phenoxy) is 1. The number of nitrogen functional groups attached to an aromatic ring is 1. The lowest BCUT2D eigenvalue weighted by atomic mass is 10.2. The summed E-state index contributed by atoms with van der Waals surface area (Å²) < 4.78 is 12.6. The summed E-state index contributed by atoms with van der Waals surface area (Å²) in [5.41, 5.74) is 9.91. The molecule has 2 N–H and O–H groups in total. The monoisotopic (exact) mass is 410 g/mol. The van der Waals surface area contributed by atoms with E-state index in [-0.39, 0.29) is 0 Å². The van der Waals surface area contributed by atoms with Gasteiger partial charge in [0.05, 0.1) is 17.3 Å². The molecule has 0 amide bonds. The first-order valence-corrected chi connectivity index (χ1v) is 7.79. The normalized spacial score (nSPS) is 11.0. The van der Waals surface area contributed by atoms with Crippen molar-refractivity contribution in [3.05, 3.63) is 38.8 Å². The molecule has 1 aromatic heterocycles. The summed E-state index contributed by atoms with van der Waals surface area (Å²) in [6, 6.07) is 7.56. The predicted octanol–water partition coefficient (Wildman–Crippen LogP) is 4.92. The van der Waals surface area contributed by atoms with E-state index in [1.165, 1.54) is 0 Å². The van der Waals surface area contributed by atoms with Crippen LogP contribution in [0.1, 0.15) is 5.56 Å². The van der Waals surface area contributed by atoms with Gasteiger partial charge in [-0.1, -0.05) is 0 Å². The topological polar surface area (TPSA) is 61.3 Å². The number of oxazole rings is 1. The van der Waals surface area contributed by atoms with Crippen molar-refractivity contribution in [2.24, 2.45) is 0 Å². The first kappa shape index (κ1) is 14.4. The molecule has 21 heavy (non-hydrogen) atoms. The Morgan fingerprint density at radius 3 is 2.43 bits per heavy atom. The fraction of sp³-hybridized carbons (Fsp3) is 0.133. The largest absolute Gasteiger partial charge is 0.497 e. The summed E-state index contributed by atoms with van der Waals surface area (Å²) in [6.07, 6.45) is 0. The van der Waals surface area contributed by atoms with E-state index in [4.69, 9.17) is 14.9 Å². The average Bonchev–Trinajstić information content (AvgIpc) is 2.96. The van der Waals surface area contributed by atoms with Gasteiger partial charge in [-0.3, -0.25) is 0 Å². The molecule has 3 aromatic rings. The Bertz CT molecular complexity index is 781. The fourth-order valence-corrected chi connectivity index (χ4v) is 3.22. The summed E-state index contributed by atoms with van der Waals surface area (Å²) in [4.78, 5) is 4.55. The van der Waals surface area contributed by atoms with Gasteiger partial charge in [0.1, 0.15) is 11.3 Å². The van der Waals surface area contributed by atoms with Crippen molar-refractivity contribution in [1.82, 2.24) is 4.98 Å². The van der Waals surface area contributed by atoms with E-state index in [0.717, 1.165) is 31.3 Å². The summed E-state index contributed by atoms with van der Waals surface area (Å²) in [5, 5.41) is 0. The molecule has 0 radical (unpaired) electrons. The van der Waals surface area contributed by atoms with Crippen molar-refractivity contribution in [3.8, 4) is 17.2 Å². The molecule has 0 aliphatic heterocycles. The summed E-state index contributed by atoms with van der Waals surface area (Å²) >= 11 is 6.95. The Morgan fingerprint density at radius 2 is 1.81 bits per heavy atom. The first-order valence-electron chi connectivity index (χ1n) is 6.21. The SMILES string of the molecule is COc1ccc(-c2nc3c(Br)c(N)c(Br)c(C)c3o2)cc1. The van der Waals surface area contributed by atoms with E-state index in [1.807, 2.05) is 31.2 Å². The van der Waals surface area contributed by atoms with Crippen LogP contribution < -0.4 is 10.5 Å². The second kappa shape index (κ2) is 5.35. The van der Waals surface area contributed by atoms with Gasteiger partial charge in [0.2, 0.25) is 5.89 Å². The first-order chi connectivity index (χ1) is 10.0. The standard InChI is InChI=1S/C15H12Br2N2O2/c1-7-10(16)12(18)11(17)13-14(7)21-15(19-13)8-3-5-9(20-2)6-4-8/h3-6H,18H2,1-2H3. The molecule has 2 aromatic carbocycles. The number of benzene rings is 2. The Labute approximate surface area is 138 Å². The molecule has 0 spiro atoms. The van der Waals surface area contributed by atoms with Crippen LogP contribution in [0.2, 0.25) is 0 Å². The van der Waals surface area contributed by atoms with Gasteiger partial charge in [-0.05, 0) is 63.0 Å². The fourth-order valence-electron chi connectivity index (χ4n) is 2.11. The molecule has 0 aliphatic carbocycles. The molecule has 0 fully saturated rings. The van der Waals surface area contributed by atoms with Crippen molar-refractivity contribution in [2.75, 3.05) is 12.8 Å². The smallest absolute Gasteiger partial charge is 0.227 e. The number of methoxy groups -OCH3 is 1. The van der Waals surface area contributed by atoms with E-state index in [9.17, 15) is 0 Å². The summed E-state index contributed by atoms with van der Waals surface area (Å²) in [6.45, 7) is 1.94. The highest BCUT2D eigenvalue weighted by molar-refractivity contribution is 9.11. The number of hydrogen-bond acceptors (Lipinski definition) is 4. The molecular formula is C15H12Br2N2O2. The van der Waals surface area contributed by atoms with E-state index >= 15 is 0 Å². The lowest BCUT2D eigenvalue weighted by molar-refractivity contribution is 0.415. The second-order valence-corrected chi connectivity index (χ2v) is 6.18. The summed E-state index contributed by atoms with van der Waals surface area (Å²) in [5.74, 6) is 1.34. The van der Waals surface area contributed by atoms with E-state index in [2.05, 4.69) is 36.8 Å². The van der Waals surface area contributed by atoms with Crippen LogP contribution in [0.5, 0.6) is 5.75 Å². The van der Waals surface area contributed by atoms with Crippen LogP contribution in [0.15, 0.2) is 37.6 Å². The number of fused-ring (bicyclic) bond motifs is 1. The maximum Gasteiger partial charge on any atom is 0.227 e. The van der Waals surface area contributed by atoms with Crippen LogP contribution >= 0.6 is 31.9 Å². The highest BCUT2D eigenvalue weighted by Gasteiger charge is 2.18. The van der Waals surface area contributed by atoms with Crippen molar-refractivity contribution < 1.29 is 9.15 Å². The molecule has 6 heteroatoms. The van der Waals surface area contributed by atoms with Crippen LogP contribution in [0.25, 0.3) is 22.6 Å². The van der Waals surface area contributed by atoms with Gasteiger partial charge in [0.15, 0.2) is 5.58 Å². The lowest BCUT2D eigenvalue weighted by Gasteiger charge is -2.05. The molecule has 4 nitrogen and oxygen atoms in total. The van der Waals surface area contributed by atoms with Gasteiger partial charge >= 0.3 is 0 Å². The molecule has 0 unspecified atom stereocenters. The summed E-state index contributed by atoms with van der Waals surface area (Å²) in [7, 11) is 1.63. The Balaban J connectivity index is 2.21. The van der Waals surface area contributed by atoms with Gasteiger partial charge in [-0.2, -0.15) is 0 Å². The number of nitrogens with zero attached hydrogens (tertiary/aromatic N) is 1. The van der Waals surface area contributed by atoms with Crippen LogP contribution in [0.4, 0.5) is 5.69 Å². The minimum absolute atomic E-state index is 0.550. The van der Waals surface area contributed by atoms with E-state index in [0.29, 0.717) is 17.2 Å².